The number of halogens is 1. The van der Waals surface area contributed by atoms with Gasteiger partial charge in [-0.05, 0) is 62.6 Å². The standard InChI is InChI=1S/C29H28FN5OS/c1-17-6-5-7-21(15-17)16-37-29-33-28-31-20(4)25(27(36)32-24-13-8-18(2)14-19(24)3)26(35(28)34-29)22-9-11-23(30)12-10-22/h5-15,26H,16H2,1-4H3,(H,32,36)(H,31,33,34)/t26-/m1/s1. The van der Waals surface area contributed by atoms with Crippen LogP contribution in [0.3, 0.4) is 0 Å². The molecule has 0 unspecified atom stereocenters. The van der Waals surface area contributed by atoms with Crippen LogP contribution < -0.4 is 10.6 Å². The lowest BCUT2D eigenvalue weighted by molar-refractivity contribution is -0.113. The van der Waals surface area contributed by atoms with Gasteiger partial charge in [0.25, 0.3) is 5.91 Å². The lowest BCUT2D eigenvalue weighted by Crippen LogP contribution is -2.31. The van der Waals surface area contributed by atoms with Crippen molar-refractivity contribution >= 4 is 29.3 Å². The van der Waals surface area contributed by atoms with E-state index in [0.717, 1.165) is 28.1 Å². The van der Waals surface area contributed by atoms with Crippen molar-refractivity contribution in [3.8, 4) is 0 Å². The number of nitrogens with one attached hydrogen (secondary N) is 2. The molecule has 0 saturated carbocycles. The molecule has 1 amide bonds. The summed E-state index contributed by atoms with van der Waals surface area (Å²) in [7, 11) is 0. The summed E-state index contributed by atoms with van der Waals surface area (Å²) < 4.78 is 15.5. The molecule has 6 nitrogen and oxygen atoms in total. The number of benzene rings is 3. The summed E-state index contributed by atoms with van der Waals surface area (Å²) in [6, 6.07) is 19.8. The van der Waals surface area contributed by atoms with Crippen LogP contribution in [0.5, 0.6) is 0 Å². The maximum atomic E-state index is 13.8. The topological polar surface area (TPSA) is 71.8 Å². The van der Waals surface area contributed by atoms with E-state index >= 15 is 0 Å². The van der Waals surface area contributed by atoms with Gasteiger partial charge in [0.05, 0.1) is 5.57 Å². The van der Waals surface area contributed by atoms with Crippen molar-refractivity contribution in [2.24, 2.45) is 0 Å². The Morgan fingerprint density at radius 3 is 2.51 bits per heavy atom. The Morgan fingerprint density at radius 1 is 1.03 bits per heavy atom. The minimum atomic E-state index is -0.566. The van der Waals surface area contributed by atoms with Crippen molar-refractivity contribution < 1.29 is 9.18 Å². The van der Waals surface area contributed by atoms with Crippen molar-refractivity contribution in [3.05, 3.63) is 112 Å². The second kappa shape index (κ2) is 10.2. The van der Waals surface area contributed by atoms with Gasteiger partial charge in [0.1, 0.15) is 11.9 Å². The van der Waals surface area contributed by atoms with Gasteiger partial charge in [-0.2, -0.15) is 4.98 Å². The molecule has 2 N–H and O–H groups in total. The Kier molecular flexibility index (Phi) is 6.84. The molecule has 1 atom stereocenters. The van der Waals surface area contributed by atoms with E-state index in [1.54, 1.807) is 16.8 Å². The number of anilines is 2. The van der Waals surface area contributed by atoms with Gasteiger partial charge in [-0.3, -0.25) is 4.79 Å². The van der Waals surface area contributed by atoms with Crippen LogP contribution in [-0.2, 0) is 10.5 Å². The number of hydrogen-bond donors (Lipinski definition) is 2. The maximum Gasteiger partial charge on any atom is 0.255 e. The van der Waals surface area contributed by atoms with Gasteiger partial charge >= 0.3 is 0 Å². The molecule has 3 aromatic carbocycles. The van der Waals surface area contributed by atoms with Crippen LogP contribution in [0.15, 0.2) is 83.2 Å². The first-order valence-electron chi connectivity index (χ1n) is 12.1. The quantitative estimate of drug-likeness (QED) is 0.286. The molecule has 1 aliphatic rings. The summed E-state index contributed by atoms with van der Waals surface area (Å²) in [4.78, 5) is 18.4. The Hall–Kier alpha value is -3.91. The molecule has 1 aliphatic heterocycles. The van der Waals surface area contributed by atoms with Gasteiger partial charge in [-0.15, -0.1) is 5.10 Å². The van der Waals surface area contributed by atoms with Crippen molar-refractivity contribution in [2.45, 2.75) is 44.6 Å². The lowest BCUT2D eigenvalue weighted by atomic mass is 9.95. The normalized spacial score (nSPS) is 14.8. The number of allylic oxidation sites excluding steroid dienone is 1. The summed E-state index contributed by atoms with van der Waals surface area (Å²) in [5.41, 5.74) is 7.14. The third kappa shape index (κ3) is 5.29. The number of fused-ring (bicyclic) bond motifs is 1. The molecule has 37 heavy (non-hydrogen) atoms. The maximum absolute atomic E-state index is 13.8. The summed E-state index contributed by atoms with van der Waals surface area (Å²) in [5, 5.41) is 11.7. The molecule has 188 valence electrons. The van der Waals surface area contributed by atoms with E-state index < -0.39 is 6.04 Å². The Morgan fingerprint density at radius 2 is 1.78 bits per heavy atom. The number of aryl methyl sites for hydroxylation is 3. The Balaban J connectivity index is 1.49. The number of carbonyl (C=O) groups is 1. The zero-order valence-corrected chi connectivity index (χ0v) is 22.0. The molecule has 0 fully saturated rings. The number of rotatable bonds is 6. The van der Waals surface area contributed by atoms with Gasteiger partial charge in [0.15, 0.2) is 0 Å². The fourth-order valence-corrected chi connectivity index (χ4v) is 5.31. The van der Waals surface area contributed by atoms with Crippen LogP contribution >= 0.6 is 11.8 Å². The van der Waals surface area contributed by atoms with E-state index in [4.69, 9.17) is 10.1 Å². The van der Waals surface area contributed by atoms with E-state index in [0.29, 0.717) is 22.4 Å². The summed E-state index contributed by atoms with van der Waals surface area (Å²) in [5.74, 6) is 0.676. The SMILES string of the molecule is CC1=C(C(=O)Nc2ccc(C)cc2C)[C@@H](c2ccc(F)cc2)n2nc(SCc3cccc(C)c3)nc2N1. The Bertz CT molecular complexity index is 1510. The highest BCUT2D eigenvalue weighted by molar-refractivity contribution is 7.98. The Labute approximate surface area is 220 Å². The fourth-order valence-electron chi connectivity index (χ4n) is 4.53. The predicted molar refractivity (Wildman–Crippen MR) is 146 cm³/mol. The van der Waals surface area contributed by atoms with E-state index in [2.05, 4.69) is 35.8 Å². The van der Waals surface area contributed by atoms with Gasteiger partial charge in [0, 0.05) is 17.1 Å². The zero-order valence-electron chi connectivity index (χ0n) is 21.2. The second-order valence-electron chi connectivity index (χ2n) is 9.33. The van der Waals surface area contributed by atoms with Crippen molar-refractivity contribution in [3.63, 3.8) is 0 Å². The van der Waals surface area contributed by atoms with E-state index in [-0.39, 0.29) is 11.7 Å². The molecule has 0 saturated heterocycles. The first-order valence-corrected chi connectivity index (χ1v) is 13.0. The first kappa shape index (κ1) is 24.8. The smallest absolute Gasteiger partial charge is 0.255 e. The monoisotopic (exact) mass is 513 g/mol. The molecule has 0 aliphatic carbocycles. The predicted octanol–water partition coefficient (Wildman–Crippen LogP) is 6.56. The molecular weight excluding hydrogens is 485 g/mol. The lowest BCUT2D eigenvalue weighted by Gasteiger charge is -2.28. The van der Waals surface area contributed by atoms with Gasteiger partial charge < -0.3 is 10.6 Å². The van der Waals surface area contributed by atoms with Crippen LogP contribution in [-0.4, -0.2) is 20.7 Å². The number of thioether (sulfide) groups is 1. The highest BCUT2D eigenvalue weighted by atomic mass is 32.2. The van der Waals surface area contributed by atoms with Gasteiger partial charge in [-0.25, -0.2) is 9.07 Å². The summed E-state index contributed by atoms with van der Waals surface area (Å²) in [6.07, 6.45) is 0. The first-order chi connectivity index (χ1) is 17.8. The highest BCUT2D eigenvalue weighted by Gasteiger charge is 2.34. The molecule has 2 heterocycles. The minimum absolute atomic E-state index is 0.249. The second-order valence-corrected chi connectivity index (χ2v) is 10.3. The zero-order chi connectivity index (χ0) is 26.1. The molecule has 4 aromatic rings. The highest BCUT2D eigenvalue weighted by Crippen LogP contribution is 2.37. The largest absolute Gasteiger partial charge is 0.328 e. The average molecular weight is 514 g/mol. The molecule has 0 bridgehead atoms. The van der Waals surface area contributed by atoms with Crippen LogP contribution in [0.1, 0.15) is 40.8 Å². The molecule has 1 aromatic heterocycles. The molecule has 8 heteroatoms. The number of hydrogen-bond acceptors (Lipinski definition) is 5. The van der Waals surface area contributed by atoms with E-state index in [1.165, 1.54) is 35.0 Å². The molecule has 0 spiro atoms. The number of nitrogens with zero attached hydrogens (tertiary/aromatic N) is 3. The van der Waals surface area contributed by atoms with Crippen LogP contribution in [0.4, 0.5) is 16.0 Å². The molecule has 5 rings (SSSR count). The minimum Gasteiger partial charge on any atom is -0.328 e. The average Bonchev–Trinajstić information content (AvgIpc) is 3.26. The summed E-state index contributed by atoms with van der Waals surface area (Å²) >= 11 is 1.53. The van der Waals surface area contributed by atoms with Crippen molar-refractivity contribution in [1.82, 2.24) is 14.8 Å². The van der Waals surface area contributed by atoms with E-state index in [9.17, 15) is 9.18 Å². The number of amides is 1. The third-order valence-electron chi connectivity index (χ3n) is 6.34. The number of aromatic nitrogens is 3. The van der Waals surface area contributed by atoms with Gasteiger partial charge in [0.2, 0.25) is 11.1 Å². The van der Waals surface area contributed by atoms with Crippen LogP contribution in [0.2, 0.25) is 0 Å². The molecule has 0 radical (unpaired) electrons. The summed E-state index contributed by atoms with van der Waals surface area (Å²) in [6.45, 7) is 7.90. The molecular formula is C29H28FN5OS. The fraction of sp³-hybridized carbons (Fsp3) is 0.207. The van der Waals surface area contributed by atoms with Crippen molar-refractivity contribution in [1.29, 1.82) is 0 Å². The third-order valence-corrected chi connectivity index (χ3v) is 7.25. The van der Waals surface area contributed by atoms with Gasteiger partial charge in [-0.1, -0.05) is 71.4 Å². The number of carbonyl (C=O) groups excluding carboxylic acids is 1. The van der Waals surface area contributed by atoms with Crippen molar-refractivity contribution in [2.75, 3.05) is 10.6 Å². The van der Waals surface area contributed by atoms with E-state index in [1.807, 2.05) is 45.0 Å². The van der Waals surface area contributed by atoms with Crippen LogP contribution in [0.25, 0.3) is 0 Å². The van der Waals surface area contributed by atoms with Crippen LogP contribution in [0, 0.1) is 26.6 Å².